The quantitative estimate of drug-likeness (QED) is 0.339. The summed E-state index contributed by atoms with van der Waals surface area (Å²) < 4.78 is 20.2. The lowest BCUT2D eigenvalue weighted by Crippen LogP contribution is -2.42. The van der Waals surface area contributed by atoms with Crippen molar-refractivity contribution < 1.29 is 23.5 Å². The molecule has 3 amide bonds. The minimum absolute atomic E-state index is 0.197. The maximum atomic E-state index is 15.0. The van der Waals surface area contributed by atoms with Crippen molar-refractivity contribution in [1.29, 1.82) is 0 Å². The number of hydrogen-bond donors (Lipinski definition) is 4. The molecule has 1 aromatic heterocycles. The van der Waals surface area contributed by atoms with E-state index in [0.717, 1.165) is 11.3 Å². The molecule has 2 heterocycles. The van der Waals surface area contributed by atoms with Crippen LogP contribution in [0.15, 0.2) is 55.0 Å². The lowest BCUT2D eigenvalue weighted by molar-refractivity contribution is -0.120. The molecule has 0 saturated carbocycles. The predicted molar refractivity (Wildman–Crippen MR) is 130 cm³/mol. The Hall–Kier alpha value is -4.25. The summed E-state index contributed by atoms with van der Waals surface area (Å²) in [6.07, 6.45) is 2.53. The number of nitrogens with zero attached hydrogens (tertiary/aromatic N) is 2. The van der Waals surface area contributed by atoms with E-state index in [1.165, 1.54) is 17.9 Å². The number of nitrogens with two attached hydrogens (primary N) is 1. The number of benzene rings is 2. The summed E-state index contributed by atoms with van der Waals surface area (Å²) in [4.78, 5) is 43.4. The normalized spacial score (nSPS) is 16.0. The SMILES string of the molecule is CC(=O)NC[C@H]1CN(c2ccc(-c3ccc(CN[C@@H](Cc4c[nH]cn4)C(N)=O)cc3)c(F)c2)C(=O)O1. The molecule has 0 bridgehead atoms. The Kier molecular flexibility index (Phi) is 7.59. The van der Waals surface area contributed by atoms with Gasteiger partial charge in [-0.2, -0.15) is 0 Å². The first-order valence-electron chi connectivity index (χ1n) is 11.4. The largest absolute Gasteiger partial charge is 0.442 e. The van der Waals surface area contributed by atoms with E-state index >= 15 is 0 Å². The van der Waals surface area contributed by atoms with E-state index in [4.69, 9.17) is 10.5 Å². The first kappa shape index (κ1) is 24.9. The molecular formula is C25H27FN6O4. The van der Waals surface area contributed by atoms with Gasteiger partial charge in [-0.1, -0.05) is 24.3 Å². The van der Waals surface area contributed by atoms with Crippen molar-refractivity contribution in [2.45, 2.75) is 32.0 Å². The van der Waals surface area contributed by atoms with Gasteiger partial charge in [0.15, 0.2) is 0 Å². The Morgan fingerprint density at radius 2 is 2.06 bits per heavy atom. The second kappa shape index (κ2) is 11.0. The van der Waals surface area contributed by atoms with Crippen molar-refractivity contribution in [3.63, 3.8) is 0 Å². The summed E-state index contributed by atoms with van der Waals surface area (Å²) in [5, 5.41) is 5.74. The highest BCUT2D eigenvalue weighted by molar-refractivity contribution is 5.90. The van der Waals surface area contributed by atoms with Crippen LogP contribution >= 0.6 is 0 Å². The summed E-state index contributed by atoms with van der Waals surface area (Å²) in [6, 6.07) is 11.2. The van der Waals surface area contributed by atoms with Crippen LogP contribution in [0.25, 0.3) is 11.1 Å². The molecule has 10 nitrogen and oxygen atoms in total. The molecule has 4 rings (SSSR count). The van der Waals surface area contributed by atoms with Gasteiger partial charge >= 0.3 is 6.09 Å². The third-order valence-corrected chi connectivity index (χ3v) is 5.85. The van der Waals surface area contributed by atoms with E-state index in [1.54, 1.807) is 36.8 Å². The van der Waals surface area contributed by atoms with Gasteiger partial charge in [0.05, 0.1) is 36.8 Å². The van der Waals surface area contributed by atoms with E-state index in [0.29, 0.717) is 29.8 Å². The molecule has 1 aliphatic rings. The zero-order chi connectivity index (χ0) is 25.7. The number of aromatic nitrogens is 2. The van der Waals surface area contributed by atoms with E-state index in [1.807, 2.05) is 12.1 Å². The third kappa shape index (κ3) is 6.05. The van der Waals surface area contributed by atoms with Gasteiger partial charge in [-0.15, -0.1) is 0 Å². The molecule has 2 atom stereocenters. The van der Waals surface area contributed by atoms with Crippen LogP contribution in [0, 0.1) is 5.82 Å². The third-order valence-electron chi connectivity index (χ3n) is 5.85. The van der Waals surface area contributed by atoms with Crippen LogP contribution in [0.4, 0.5) is 14.9 Å². The first-order valence-corrected chi connectivity index (χ1v) is 11.4. The van der Waals surface area contributed by atoms with Crippen LogP contribution in [0.1, 0.15) is 18.2 Å². The van der Waals surface area contributed by atoms with Crippen LogP contribution in [0.3, 0.4) is 0 Å². The number of rotatable bonds is 10. The molecule has 1 saturated heterocycles. The van der Waals surface area contributed by atoms with Crippen LogP contribution < -0.4 is 21.3 Å². The minimum Gasteiger partial charge on any atom is -0.442 e. The molecule has 188 valence electrons. The van der Waals surface area contributed by atoms with Gasteiger partial charge < -0.3 is 26.1 Å². The van der Waals surface area contributed by atoms with Gasteiger partial charge in [-0.25, -0.2) is 14.2 Å². The van der Waals surface area contributed by atoms with Gasteiger partial charge in [0.2, 0.25) is 11.8 Å². The lowest BCUT2D eigenvalue weighted by atomic mass is 10.0. The van der Waals surface area contributed by atoms with Crippen molar-refractivity contribution in [2.75, 3.05) is 18.0 Å². The van der Waals surface area contributed by atoms with Gasteiger partial charge in [0, 0.05) is 31.6 Å². The second-order valence-corrected chi connectivity index (χ2v) is 8.52. The number of carbonyl (C=O) groups is 3. The number of amides is 3. The number of carbonyl (C=O) groups excluding carboxylic acids is 3. The summed E-state index contributed by atoms with van der Waals surface area (Å²) in [6.45, 7) is 2.19. The Labute approximate surface area is 207 Å². The fourth-order valence-corrected chi connectivity index (χ4v) is 3.93. The van der Waals surface area contributed by atoms with Crippen molar-refractivity contribution in [2.24, 2.45) is 5.73 Å². The molecule has 0 aliphatic carbocycles. The summed E-state index contributed by atoms with van der Waals surface area (Å²) in [7, 11) is 0. The average Bonchev–Trinajstić information content (AvgIpc) is 3.50. The van der Waals surface area contributed by atoms with Crippen molar-refractivity contribution in [1.82, 2.24) is 20.6 Å². The molecule has 0 radical (unpaired) electrons. The highest BCUT2D eigenvalue weighted by atomic mass is 19.1. The molecule has 1 aliphatic heterocycles. The average molecular weight is 495 g/mol. The second-order valence-electron chi connectivity index (χ2n) is 8.52. The molecule has 11 heteroatoms. The lowest BCUT2D eigenvalue weighted by Gasteiger charge is -2.15. The standard InChI is InChI=1S/C25H27FN6O4/c1-15(33)29-12-20-13-32(25(35)36-20)19-6-7-21(22(26)9-19)17-4-2-16(3-5-17)10-30-23(24(27)34)8-18-11-28-14-31-18/h2-7,9,11,14,20,23,30H,8,10,12-13H2,1H3,(H2,27,34)(H,28,31)(H,29,33)/t20-,23-/m0/s1. The number of halogens is 1. The monoisotopic (exact) mass is 494 g/mol. The molecule has 3 aromatic rings. The Balaban J connectivity index is 1.38. The molecule has 0 unspecified atom stereocenters. The predicted octanol–water partition coefficient (Wildman–Crippen LogP) is 1.86. The zero-order valence-corrected chi connectivity index (χ0v) is 19.7. The van der Waals surface area contributed by atoms with Gasteiger partial charge in [0.25, 0.3) is 0 Å². The number of H-pyrrole nitrogens is 1. The van der Waals surface area contributed by atoms with E-state index < -0.39 is 30.0 Å². The smallest absolute Gasteiger partial charge is 0.414 e. The summed E-state index contributed by atoms with van der Waals surface area (Å²) in [5.74, 6) is -1.17. The fourth-order valence-electron chi connectivity index (χ4n) is 3.93. The first-order chi connectivity index (χ1) is 17.3. The maximum absolute atomic E-state index is 15.0. The highest BCUT2D eigenvalue weighted by Crippen LogP contribution is 2.29. The summed E-state index contributed by atoms with van der Waals surface area (Å²) >= 11 is 0. The number of imidazole rings is 1. The van der Waals surface area contributed by atoms with Crippen LogP contribution in [-0.2, 0) is 27.3 Å². The van der Waals surface area contributed by atoms with Crippen molar-refractivity contribution in [3.05, 3.63) is 72.1 Å². The van der Waals surface area contributed by atoms with E-state index in [-0.39, 0.29) is 19.0 Å². The van der Waals surface area contributed by atoms with Crippen molar-refractivity contribution >= 4 is 23.6 Å². The Bertz CT molecular complexity index is 1230. The molecule has 0 spiro atoms. The molecule has 36 heavy (non-hydrogen) atoms. The number of anilines is 1. The van der Waals surface area contributed by atoms with Gasteiger partial charge in [-0.05, 0) is 29.3 Å². The Morgan fingerprint density at radius 1 is 1.28 bits per heavy atom. The Morgan fingerprint density at radius 3 is 2.69 bits per heavy atom. The minimum atomic E-state index is -0.587. The van der Waals surface area contributed by atoms with E-state index in [9.17, 15) is 18.8 Å². The number of primary amides is 1. The maximum Gasteiger partial charge on any atom is 0.414 e. The van der Waals surface area contributed by atoms with Crippen LogP contribution in [0.5, 0.6) is 0 Å². The van der Waals surface area contributed by atoms with Crippen LogP contribution in [-0.4, -0.2) is 53.1 Å². The number of nitrogens with one attached hydrogen (secondary N) is 3. The number of hydrogen-bond acceptors (Lipinski definition) is 6. The highest BCUT2D eigenvalue weighted by Gasteiger charge is 2.32. The molecule has 2 aromatic carbocycles. The van der Waals surface area contributed by atoms with Crippen LogP contribution in [0.2, 0.25) is 0 Å². The van der Waals surface area contributed by atoms with E-state index in [2.05, 4.69) is 20.6 Å². The molecule has 5 N–H and O–H groups in total. The molecular weight excluding hydrogens is 467 g/mol. The number of ether oxygens (including phenoxy) is 1. The van der Waals surface area contributed by atoms with Gasteiger partial charge in [0.1, 0.15) is 11.9 Å². The number of aromatic amines is 1. The number of cyclic esters (lactones) is 1. The topological polar surface area (TPSA) is 142 Å². The van der Waals surface area contributed by atoms with Gasteiger partial charge in [-0.3, -0.25) is 14.5 Å². The summed E-state index contributed by atoms with van der Waals surface area (Å²) in [5.41, 5.74) is 8.56. The van der Waals surface area contributed by atoms with Crippen molar-refractivity contribution in [3.8, 4) is 11.1 Å². The fraction of sp³-hybridized carbons (Fsp3) is 0.280. The molecule has 1 fully saturated rings. The zero-order valence-electron chi connectivity index (χ0n) is 19.7.